The van der Waals surface area contributed by atoms with Crippen LogP contribution in [0.25, 0.3) is 0 Å². The summed E-state index contributed by atoms with van der Waals surface area (Å²) in [5.41, 5.74) is 3.00. The molecule has 0 aromatic rings. The fourth-order valence-electron chi connectivity index (χ4n) is 2.53. The van der Waals surface area contributed by atoms with Crippen molar-refractivity contribution in [2.75, 3.05) is 26.7 Å². The molecule has 17 heavy (non-hydrogen) atoms. The molecular formula is C16H30N+. The number of hydrogen-bond donors (Lipinski definition) is 0. The monoisotopic (exact) mass is 236 g/mol. The second kappa shape index (κ2) is 7.00. The number of quaternary nitrogens is 1. The Labute approximate surface area is 108 Å². The maximum atomic E-state index is 2.48. The van der Waals surface area contributed by atoms with E-state index >= 15 is 0 Å². The van der Waals surface area contributed by atoms with Gasteiger partial charge in [-0.15, -0.1) is 0 Å². The van der Waals surface area contributed by atoms with E-state index in [0.29, 0.717) is 0 Å². The largest absolute Gasteiger partial charge is 0.323 e. The molecule has 1 rings (SSSR count). The van der Waals surface area contributed by atoms with Gasteiger partial charge in [0.15, 0.2) is 0 Å². The van der Waals surface area contributed by atoms with Crippen molar-refractivity contribution in [1.82, 2.24) is 0 Å². The molecule has 0 amide bonds. The van der Waals surface area contributed by atoms with E-state index in [0.717, 1.165) is 0 Å². The summed E-state index contributed by atoms with van der Waals surface area (Å²) in [4.78, 5) is 0. The van der Waals surface area contributed by atoms with E-state index in [9.17, 15) is 0 Å². The van der Waals surface area contributed by atoms with Crippen LogP contribution in [0, 0.1) is 0 Å². The van der Waals surface area contributed by atoms with Gasteiger partial charge in [-0.25, -0.2) is 0 Å². The number of hydrogen-bond acceptors (Lipinski definition) is 0. The maximum Gasteiger partial charge on any atom is 0.0974 e. The molecular weight excluding hydrogens is 206 g/mol. The first kappa shape index (κ1) is 14.5. The Morgan fingerprint density at radius 3 is 2.24 bits per heavy atom. The Morgan fingerprint density at radius 2 is 1.65 bits per heavy atom. The lowest BCUT2D eigenvalue weighted by atomic mass is 10.1. The Hall–Kier alpha value is -0.560. The molecule has 1 aliphatic rings. The highest BCUT2D eigenvalue weighted by molar-refractivity contribution is 5.02. The molecule has 1 fully saturated rings. The minimum absolute atomic E-state index is 1.20. The molecule has 98 valence electrons. The van der Waals surface area contributed by atoms with Crippen LogP contribution in [0.5, 0.6) is 0 Å². The first-order valence-corrected chi connectivity index (χ1v) is 7.14. The minimum Gasteiger partial charge on any atom is -0.323 e. The summed E-state index contributed by atoms with van der Waals surface area (Å²) >= 11 is 0. The Bertz CT molecular complexity index is 276. The van der Waals surface area contributed by atoms with E-state index in [1.165, 1.54) is 61.8 Å². The first-order valence-electron chi connectivity index (χ1n) is 7.14. The number of allylic oxidation sites excluding steroid dienone is 3. The van der Waals surface area contributed by atoms with Gasteiger partial charge >= 0.3 is 0 Å². The second-order valence-electron chi connectivity index (χ2n) is 6.18. The van der Waals surface area contributed by atoms with Gasteiger partial charge in [0.25, 0.3) is 0 Å². The zero-order chi connectivity index (χ0) is 12.7. The highest BCUT2D eigenvalue weighted by Crippen LogP contribution is 2.17. The number of likely N-dealkylation sites (N-methyl/N-ethyl adjacent to an activating group) is 1. The third-order valence-corrected chi connectivity index (χ3v) is 3.87. The molecule has 1 aliphatic heterocycles. The average Bonchev–Trinajstić information content (AvgIpc) is 2.27. The summed E-state index contributed by atoms with van der Waals surface area (Å²) in [5.74, 6) is 0. The quantitative estimate of drug-likeness (QED) is 0.493. The lowest BCUT2D eigenvalue weighted by Gasteiger charge is -2.37. The van der Waals surface area contributed by atoms with Crippen LogP contribution >= 0.6 is 0 Å². The smallest absolute Gasteiger partial charge is 0.0974 e. The number of likely N-dealkylation sites (tertiary alicyclic amines) is 1. The molecule has 0 bridgehead atoms. The van der Waals surface area contributed by atoms with Gasteiger partial charge in [-0.05, 0) is 59.0 Å². The molecule has 1 saturated heterocycles. The normalized spacial score (nSPS) is 20.1. The number of rotatable bonds is 5. The van der Waals surface area contributed by atoms with Crippen molar-refractivity contribution in [2.45, 2.75) is 52.9 Å². The molecule has 1 heterocycles. The van der Waals surface area contributed by atoms with Crippen LogP contribution in [0.3, 0.4) is 0 Å². The zero-order valence-corrected chi connectivity index (χ0v) is 12.3. The van der Waals surface area contributed by atoms with Crippen LogP contribution in [0.4, 0.5) is 0 Å². The Kier molecular flexibility index (Phi) is 5.97. The third kappa shape index (κ3) is 6.07. The summed E-state index contributed by atoms with van der Waals surface area (Å²) in [6, 6.07) is 0. The van der Waals surface area contributed by atoms with E-state index in [-0.39, 0.29) is 0 Å². The molecule has 0 atom stereocenters. The SMILES string of the molecule is CC(C)=CCC/C(C)=C/C[N+]1(C)CCCCC1. The average molecular weight is 236 g/mol. The lowest BCUT2D eigenvalue weighted by Crippen LogP contribution is -2.47. The van der Waals surface area contributed by atoms with E-state index in [1.54, 1.807) is 5.57 Å². The fourth-order valence-corrected chi connectivity index (χ4v) is 2.53. The molecule has 0 unspecified atom stereocenters. The third-order valence-electron chi connectivity index (χ3n) is 3.87. The van der Waals surface area contributed by atoms with Crippen LogP contribution in [0.2, 0.25) is 0 Å². The van der Waals surface area contributed by atoms with Crippen molar-refractivity contribution >= 4 is 0 Å². The maximum absolute atomic E-state index is 2.48. The summed E-state index contributed by atoms with van der Waals surface area (Å²) < 4.78 is 1.26. The van der Waals surface area contributed by atoms with Gasteiger partial charge in [0, 0.05) is 0 Å². The zero-order valence-electron chi connectivity index (χ0n) is 12.3. The minimum atomic E-state index is 1.20. The van der Waals surface area contributed by atoms with Crippen molar-refractivity contribution in [3.8, 4) is 0 Å². The van der Waals surface area contributed by atoms with E-state index in [1.807, 2.05) is 0 Å². The number of piperidine rings is 1. The molecule has 0 aromatic heterocycles. The Balaban J connectivity index is 2.33. The van der Waals surface area contributed by atoms with Gasteiger partial charge in [-0.2, -0.15) is 0 Å². The second-order valence-corrected chi connectivity index (χ2v) is 6.18. The molecule has 1 heteroatoms. The van der Waals surface area contributed by atoms with E-state index in [2.05, 4.69) is 40.0 Å². The summed E-state index contributed by atoms with van der Waals surface area (Å²) in [6.45, 7) is 10.6. The molecule has 0 aromatic carbocycles. The first-order chi connectivity index (χ1) is 8.02. The summed E-state index contributed by atoms with van der Waals surface area (Å²) in [5, 5.41) is 0. The van der Waals surface area contributed by atoms with Crippen molar-refractivity contribution in [3.63, 3.8) is 0 Å². The molecule has 0 saturated carbocycles. The molecule has 0 radical (unpaired) electrons. The predicted octanol–water partition coefficient (Wildman–Crippen LogP) is 4.31. The van der Waals surface area contributed by atoms with Gasteiger partial charge in [-0.1, -0.05) is 17.2 Å². The van der Waals surface area contributed by atoms with Gasteiger partial charge in [0.05, 0.1) is 26.7 Å². The highest BCUT2D eigenvalue weighted by Gasteiger charge is 2.22. The standard InChI is InChI=1S/C16H30N/c1-15(2)9-8-10-16(3)11-14-17(4)12-6-5-7-13-17/h9,11H,5-8,10,12-14H2,1-4H3/q+1/b16-11+. The van der Waals surface area contributed by atoms with Crippen molar-refractivity contribution in [2.24, 2.45) is 0 Å². The van der Waals surface area contributed by atoms with E-state index < -0.39 is 0 Å². The van der Waals surface area contributed by atoms with Gasteiger partial charge in [-0.3, -0.25) is 0 Å². The van der Waals surface area contributed by atoms with Gasteiger partial charge in [0.1, 0.15) is 0 Å². The topological polar surface area (TPSA) is 0 Å². The summed E-state index contributed by atoms with van der Waals surface area (Å²) in [7, 11) is 2.42. The fraction of sp³-hybridized carbons (Fsp3) is 0.750. The van der Waals surface area contributed by atoms with Gasteiger partial charge < -0.3 is 4.48 Å². The highest BCUT2D eigenvalue weighted by atomic mass is 15.3. The van der Waals surface area contributed by atoms with E-state index in [4.69, 9.17) is 0 Å². The number of nitrogens with zero attached hydrogens (tertiary/aromatic N) is 1. The lowest BCUT2D eigenvalue weighted by molar-refractivity contribution is -0.908. The van der Waals surface area contributed by atoms with Crippen LogP contribution in [0.1, 0.15) is 52.9 Å². The van der Waals surface area contributed by atoms with Crippen molar-refractivity contribution < 1.29 is 4.48 Å². The predicted molar refractivity (Wildman–Crippen MR) is 77.1 cm³/mol. The molecule has 0 N–H and O–H groups in total. The summed E-state index contributed by atoms with van der Waals surface area (Å²) in [6.07, 6.45) is 11.5. The molecule has 0 aliphatic carbocycles. The molecule has 1 nitrogen and oxygen atoms in total. The molecule has 0 spiro atoms. The van der Waals surface area contributed by atoms with Crippen LogP contribution in [-0.4, -0.2) is 31.2 Å². The van der Waals surface area contributed by atoms with Crippen LogP contribution < -0.4 is 0 Å². The van der Waals surface area contributed by atoms with Crippen molar-refractivity contribution in [1.29, 1.82) is 0 Å². The van der Waals surface area contributed by atoms with Crippen LogP contribution in [0.15, 0.2) is 23.3 Å². The van der Waals surface area contributed by atoms with Crippen LogP contribution in [-0.2, 0) is 0 Å². The van der Waals surface area contributed by atoms with Crippen molar-refractivity contribution in [3.05, 3.63) is 23.3 Å². The van der Waals surface area contributed by atoms with Gasteiger partial charge in [0.2, 0.25) is 0 Å². The Morgan fingerprint density at radius 1 is 1.00 bits per heavy atom.